The van der Waals surface area contributed by atoms with Gasteiger partial charge in [0.05, 0.1) is 17.9 Å². The van der Waals surface area contributed by atoms with Crippen molar-refractivity contribution < 1.29 is 27.4 Å². The Labute approximate surface area is 178 Å². The lowest BCUT2D eigenvalue weighted by molar-refractivity contribution is -0.137. The van der Waals surface area contributed by atoms with E-state index in [1.54, 1.807) is 18.2 Å². The summed E-state index contributed by atoms with van der Waals surface area (Å²) in [5.41, 5.74) is -0.207. The average Bonchev–Trinajstić information content (AvgIpc) is 2.75. The van der Waals surface area contributed by atoms with Crippen molar-refractivity contribution in [1.29, 1.82) is 0 Å². The van der Waals surface area contributed by atoms with Gasteiger partial charge >= 0.3 is 12.3 Å². The Hall–Kier alpha value is -3.01. The van der Waals surface area contributed by atoms with Gasteiger partial charge in [-0.2, -0.15) is 13.2 Å². The van der Waals surface area contributed by atoms with Gasteiger partial charge in [0.15, 0.2) is 0 Å². The Bertz CT molecular complexity index is 854. The molecule has 1 N–H and O–H groups in total. The standard InChI is InChI=1S/C21H25F3N4O3/c1-2-30-18-6-4-3-5-17(18)26-20(29)31-14-13-27-9-11-28(12-10-27)19-8-7-16(15-25-19)21(22,23)24/h3-8,15H,2,9-14H2,1H3,(H,26,29). The maximum absolute atomic E-state index is 12.7. The van der Waals surface area contributed by atoms with Crippen LogP contribution in [0.15, 0.2) is 42.6 Å². The number of hydrogen-bond donors (Lipinski definition) is 1. The number of aromatic nitrogens is 1. The molecule has 1 amide bonds. The van der Waals surface area contributed by atoms with Gasteiger partial charge in [0.1, 0.15) is 18.2 Å². The minimum atomic E-state index is -4.39. The molecule has 7 nitrogen and oxygen atoms in total. The first-order valence-corrected chi connectivity index (χ1v) is 10.0. The van der Waals surface area contributed by atoms with Crippen molar-refractivity contribution in [2.75, 3.05) is 56.2 Å². The van der Waals surface area contributed by atoms with Crippen LogP contribution in [0.5, 0.6) is 5.75 Å². The van der Waals surface area contributed by atoms with Crippen LogP contribution < -0.4 is 15.0 Å². The van der Waals surface area contributed by atoms with Crippen molar-refractivity contribution in [2.24, 2.45) is 0 Å². The first kappa shape index (κ1) is 22.7. The molecule has 1 saturated heterocycles. The molecule has 1 fully saturated rings. The maximum atomic E-state index is 12.7. The zero-order valence-electron chi connectivity index (χ0n) is 17.2. The zero-order chi connectivity index (χ0) is 22.3. The number of rotatable bonds is 7. The summed E-state index contributed by atoms with van der Waals surface area (Å²) in [4.78, 5) is 20.0. The molecular formula is C21H25F3N4O3. The van der Waals surface area contributed by atoms with E-state index in [1.165, 1.54) is 6.07 Å². The van der Waals surface area contributed by atoms with Gasteiger partial charge in [0, 0.05) is 38.9 Å². The first-order chi connectivity index (χ1) is 14.9. The van der Waals surface area contributed by atoms with E-state index in [0.717, 1.165) is 12.3 Å². The van der Waals surface area contributed by atoms with E-state index in [2.05, 4.69) is 15.2 Å². The van der Waals surface area contributed by atoms with E-state index in [9.17, 15) is 18.0 Å². The number of piperazine rings is 1. The molecule has 1 aromatic carbocycles. The molecule has 168 valence electrons. The molecule has 3 rings (SSSR count). The van der Waals surface area contributed by atoms with Gasteiger partial charge in [-0.15, -0.1) is 0 Å². The largest absolute Gasteiger partial charge is 0.492 e. The van der Waals surface area contributed by atoms with Gasteiger partial charge in [-0.25, -0.2) is 9.78 Å². The van der Waals surface area contributed by atoms with Gasteiger partial charge in [-0.3, -0.25) is 10.2 Å². The molecule has 2 heterocycles. The number of carbonyl (C=O) groups is 1. The highest BCUT2D eigenvalue weighted by Gasteiger charge is 2.31. The van der Waals surface area contributed by atoms with Crippen molar-refractivity contribution in [1.82, 2.24) is 9.88 Å². The molecule has 0 aliphatic carbocycles. The van der Waals surface area contributed by atoms with Crippen LogP contribution in [0.25, 0.3) is 0 Å². The summed E-state index contributed by atoms with van der Waals surface area (Å²) in [6.07, 6.45) is -4.08. The van der Waals surface area contributed by atoms with E-state index < -0.39 is 17.8 Å². The number of para-hydroxylation sites is 2. The van der Waals surface area contributed by atoms with Gasteiger partial charge in [-0.1, -0.05) is 12.1 Å². The molecule has 1 aliphatic heterocycles. The van der Waals surface area contributed by atoms with Crippen LogP contribution in [-0.2, 0) is 10.9 Å². The summed E-state index contributed by atoms with van der Waals surface area (Å²) in [6.45, 7) is 5.79. The highest BCUT2D eigenvalue weighted by molar-refractivity contribution is 5.86. The second-order valence-electron chi connectivity index (χ2n) is 6.92. The smallest absolute Gasteiger partial charge is 0.417 e. The summed E-state index contributed by atoms with van der Waals surface area (Å²) in [7, 11) is 0. The van der Waals surface area contributed by atoms with E-state index in [1.807, 2.05) is 17.9 Å². The second-order valence-corrected chi connectivity index (χ2v) is 6.92. The lowest BCUT2D eigenvalue weighted by Crippen LogP contribution is -2.47. The number of pyridine rings is 1. The molecule has 10 heteroatoms. The summed E-state index contributed by atoms with van der Waals surface area (Å²) in [5, 5.41) is 2.68. The lowest BCUT2D eigenvalue weighted by atomic mass is 10.2. The Kier molecular flexibility index (Phi) is 7.56. The third kappa shape index (κ3) is 6.48. The number of alkyl halides is 3. The van der Waals surface area contributed by atoms with Crippen molar-refractivity contribution >= 4 is 17.6 Å². The number of nitrogens with zero attached hydrogens (tertiary/aromatic N) is 3. The molecule has 2 aromatic rings. The first-order valence-electron chi connectivity index (χ1n) is 10.0. The van der Waals surface area contributed by atoms with Crippen LogP contribution in [0.1, 0.15) is 12.5 Å². The van der Waals surface area contributed by atoms with E-state index in [-0.39, 0.29) is 6.61 Å². The molecule has 0 unspecified atom stereocenters. The van der Waals surface area contributed by atoms with Crippen LogP contribution in [0.4, 0.5) is 29.5 Å². The molecule has 0 radical (unpaired) electrons. The summed E-state index contributed by atoms with van der Waals surface area (Å²) < 4.78 is 48.7. The molecule has 31 heavy (non-hydrogen) atoms. The van der Waals surface area contributed by atoms with Crippen LogP contribution in [0, 0.1) is 0 Å². The minimum absolute atomic E-state index is 0.223. The highest BCUT2D eigenvalue weighted by Crippen LogP contribution is 2.29. The van der Waals surface area contributed by atoms with Gasteiger partial charge in [0.25, 0.3) is 0 Å². The number of halogens is 3. The summed E-state index contributed by atoms with van der Waals surface area (Å²) >= 11 is 0. The summed E-state index contributed by atoms with van der Waals surface area (Å²) in [6, 6.07) is 9.56. The molecule has 0 spiro atoms. The van der Waals surface area contributed by atoms with Gasteiger partial charge in [0.2, 0.25) is 0 Å². The number of anilines is 2. The van der Waals surface area contributed by atoms with Crippen LogP contribution in [0.3, 0.4) is 0 Å². The number of carbonyl (C=O) groups excluding carboxylic acids is 1. The van der Waals surface area contributed by atoms with E-state index in [4.69, 9.17) is 9.47 Å². The number of hydrogen-bond acceptors (Lipinski definition) is 6. The predicted molar refractivity (Wildman–Crippen MR) is 110 cm³/mol. The molecule has 0 atom stereocenters. The van der Waals surface area contributed by atoms with Crippen molar-refractivity contribution in [3.63, 3.8) is 0 Å². The lowest BCUT2D eigenvalue weighted by Gasteiger charge is -2.35. The Morgan fingerprint density at radius 2 is 1.87 bits per heavy atom. The van der Waals surface area contributed by atoms with Crippen LogP contribution >= 0.6 is 0 Å². The molecule has 0 saturated carbocycles. The number of amides is 1. The molecule has 1 aliphatic rings. The van der Waals surface area contributed by atoms with Gasteiger partial charge < -0.3 is 14.4 Å². The monoisotopic (exact) mass is 438 g/mol. The quantitative estimate of drug-likeness (QED) is 0.708. The molecule has 0 bridgehead atoms. The fourth-order valence-corrected chi connectivity index (χ4v) is 3.21. The fraction of sp³-hybridized carbons (Fsp3) is 0.429. The second kappa shape index (κ2) is 10.3. The third-order valence-corrected chi connectivity index (χ3v) is 4.84. The van der Waals surface area contributed by atoms with E-state index >= 15 is 0 Å². The highest BCUT2D eigenvalue weighted by atomic mass is 19.4. The van der Waals surface area contributed by atoms with Crippen LogP contribution in [-0.4, -0.2) is 61.9 Å². The topological polar surface area (TPSA) is 66.9 Å². The van der Waals surface area contributed by atoms with Gasteiger partial charge in [-0.05, 0) is 31.2 Å². The normalized spacial score (nSPS) is 14.9. The van der Waals surface area contributed by atoms with Crippen molar-refractivity contribution in [3.05, 3.63) is 48.2 Å². The Balaban J connectivity index is 1.39. The zero-order valence-corrected chi connectivity index (χ0v) is 17.2. The van der Waals surface area contributed by atoms with Crippen molar-refractivity contribution in [3.8, 4) is 5.75 Å². The summed E-state index contributed by atoms with van der Waals surface area (Å²) in [5.74, 6) is 1.10. The average molecular weight is 438 g/mol. The van der Waals surface area contributed by atoms with Crippen molar-refractivity contribution in [2.45, 2.75) is 13.1 Å². The number of nitrogens with one attached hydrogen (secondary N) is 1. The number of ether oxygens (including phenoxy) is 2. The SMILES string of the molecule is CCOc1ccccc1NC(=O)OCCN1CCN(c2ccc(C(F)(F)F)cn2)CC1. The molecular weight excluding hydrogens is 413 g/mol. The minimum Gasteiger partial charge on any atom is -0.492 e. The Morgan fingerprint density at radius 1 is 1.13 bits per heavy atom. The molecule has 1 aromatic heterocycles. The maximum Gasteiger partial charge on any atom is 0.417 e. The predicted octanol–water partition coefficient (Wildman–Crippen LogP) is 3.87. The van der Waals surface area contributed by atoms with E-state index in [0.29, 0.717) is 56.6 Å². The number of benzene rings is 1. The third-order valence-electron chi connectivity index (χ3n) is 4.84. The fourth-order valence-electron chi connectivity index (χ4n) is 3.21. The Morgan fingerprint density at radius 3 is 2.52 bits per heavy atom. The van der Waals surface area contributed by atoms with Crippen LogP contribution in [0.2, 0.25) is 0 Å².